The van der Waals surface area contributed by atoms with Gasteiger partial charge in [0.15, 0.2) is 0 Å². The Bertz CT molecular complexity index is 412. The van der Waals surface area contributed by atoms with Gasteiger partial charge in [-0.3, -0.25) is 10.1 Å². The molecule has 0 radical (unpaired) electrons. The number of ether oxygens (including phenoxy) is 1. The molecule has 0 aromatic heterocycles. The largest absolute Gasteiger partial charge is 0.495 e. The van der Waals surface area contributed by atoms with Crippen molar-refractivity contribution in [2.24, 2.45) is 5.73 Å². The lowest BCUT2D eigenvalue weighted by Crippen LogP contribution is -2.03. The van der Waals surface area contributed by atoms with Crippen molar-refractivity contribution >= 4 is 5.69 Å². The molecule has 0 fully saturated rings. The minimum atomic E-state index is -0.553. The number of nitro benzene ring substituents is 1. The van der Waals surface area contributed by atoms with Crippen LogP contribution in [0.5, 0.6) is 5.75 Å². The summed E-state index contributed by atoms with van der Waals surface area (Å²) in [5, 5.41) is 19.4. The monoisotopic (exact) mass is 207 g/mol. The SMILES string of the molecule is COc1cc([N+](=O)[O-])cc(CN)c1C#N. The molecular weight excluding hydrogens is 198 g/mol. The van der Waals surface area contributed by atoms with Gasteiger partial charge in [-0.2, -0.15) is 5.26 Å². The van der Waals surface area contributed by atoms with E-state index in [1.54, 1.807) is 0 Å². The fraction of sp³-hybridized carbons (Fsp3) is 0.222. The Hall–Kier alpha value is -2.13. The normalized spacial score (nSPS) is 9.40. The lowest BCUT2D eigenvalue weighted by Gasteiger charge is -2.06. The summed E-state index contributed by atoms with van der Waals surface area (Å²) in [7, 11) is 1.35. The molecule has 78 valence electrons. The second kappa shape index (κ2) is 4.39. The molecule has 1 rings (SSSR count). The summed E-state index contributed by atoms with van der Waals surface area (Å²) < 4.78 is 4.89. The molecule has 0 atom stereocenters. The van der Waals surface area contributed by atoms with Crippen molar-refractivity contribution < 1.29 is 9.66 Å². The maximum absolute atomic E-state index is 10.6. The van der Waals surface area contributed by atoms with E-state index in [2.05, 4.69) is 0 Å². The summed E-state index contributed by atoms with van der Waals surface area (Å²) in [6.07, 6.45) is 0. The van der Waals surface area contributed by atoms with E-state index in [4.69, 9.17) is 15.7 Å². The van der Waals surface area contributed by atoms with Gasteiger partial charge in [0.1, 0.15) is 11.8 Å². The van der Waals surface area contributed by atoms with Crippen LogP contribution in [0, 0.1) is 21.4 Å². The van der Waals surface area contributed by atoms with Gasteiger partial charge < -0.3 is 10.5 Å². The van der Waals surface area contributed by atoms with Gasteiger partial charge in [0.25, 0.3) is 5.69 Å². The summed E-state index contributed by atoms with van der Waals surface area (Å²) in [4.78, 5) is 10.0. The van der Waals surface area contributed by atoms with Gasteiger partial charge in [-0.15, -0.1) is 0 Å². The van der Waals surface area contributed by atoms with Gasteiger partial charge in [-0.25, -0.2) is 0 Å². The number of nitriles is 1. The molecule has 1 aromatic rings. The number of non-ortho nitro benzene ring substituents is 1. The standard InChI is InChI=1S/C9H9N3O3/c1-15-9-3-7(12(13)14)2-6(4-10)8(9)5-11/h2-3H,4,10H2,1H3. The van der Waals surface area contributed by atoms with Crippen molar-refractivity contribution in [1.82, 2.24) is 0 Å². The van der Waals surface area contributed by atoms with E-state index in [0.29, 0.717) is 5.56 Å². The van der Waals surface area contributed by atoms with E-state index in [1.807, 2.05) is 6.07 Å². The molecule has 0 aliphatic heterocycles. The Morgan fingerprint density at radius 1 is 1.67 bits per heavy atom. The molecule has 0 saturated carbocycles. The van der Waals surface area contributed by atoms with E-state index in [0.717, 1.165) is 0 Å². The number of hydrogen-bond acceptors (Lipinski definition) is 5. The van der Waals surface area contributed by atoms with Gasteiger partial charge in [-0.05, 0) is 5.56 Å². The van der Waals surface area contributed by atoms with Crippen LogP contribution < -0.4 is 10.5 Å². The second-order valence-electron chi connectivity index (χ2n) is 2.76. The van der Waals surface area contributed by atoms with Gasteiger partial charge >= 0.3 is 0 Å². The highest BCUT2D eigenvalue weighted by atomic mass is 16.6. The van der Waals surface area contributed by atoms with Crippen molar-refractivity contribution in [3.05, 3.63) is 33.4 Å². The average Bonchev–Trinajstić information content (AvgIpc) is 2.26. The molecule has 1 aromatic carbocycles. The first kappa shape index (κ1) is 10.9. The minimum absolute atomic E-state index is 0.0565. The van der Waals surface area contributed by atoms with E-state index >= 15 is 0 Å². The number of rotatable bonds is 3. The first-order chi connectivity index (χ1) is 7.13. The third-order valence-electron chi connectivity index (χ3n) is 1.93. The van der Waals surface area contributed by atoms with E-state index in [9.17, 15) is 10.1 Å². The molecule has 6 nitrogen and oxygen atoms in total. The molecule has 2 N–H and O–H groups in total. The van der Waals surface area contributed by atoms with Crippen molar-refractivity contribution in [3.8, 4) is 11.8 Å². The van der Waals surface area contributed by atoms with Gasteiger partial charge in [0, 0.05) is 12.6 Å². The predicted molar refractivity (Wildman–Crippen MR) is 52.3 cm³/mol. The number of nitro groups is 1. The van der Waals surface area contributed by atoms with Crippen molar-refractivity contribution in [2.75, 3.05) is 7.11 Å². The molecular formula is C9H9N3O3. The smallest absolute Gasteiger partial charge is 0.273 e. The lowest BCUT2D eigenvalue weighted by atomic mass is 10.1. The zero-order valence-electron chi connectivity index (χ0n) is 8.06. The highest BCUT2D eigenvalue weighted by molar-refractivity contribution is 5.55. The number of nitrogens with zero attached hydrogens (tertiary/aromatic N) is 2. The zero-order chi connectivity index (χ0) is 11.4. The fourth-order valence-corrected chi connectivity index (χ4v) is 1.21. The molecule has 15 heavy (non-hydrogen) atoms. The molecule has 0 amide bonds. The second-order valence-corrected chi connectivity index (χ2v) is 2.76. The molecule has 0 saturated heterocycles. The van der Waals surface area contributed by atoms with Gasteiger partial charge in [-0.1, -0.05) is 0 Å². The molecule has 6 heteroatoms. The maximum atomic E-state index is 10.6. The first-order valence-electron chi connectivity index (χ1n) is 4.09. The van der Waals surface area contributed by atoms with E-state index in [1.165, 1.54) is 19.2 Å². The Balaban J connectivity index is 3.44. The van der Waals surface area contributed by atoms with Gasteiger partial charge in [0.2, 0.25) is 0 Å². The first-order valence-corrected chi connectivity index (χ1v) is 4.09. The van der Waals surface area contributed by atoms with Crippen LogP contribution in [0.2, 0.25) is 0 Å². The summed E-state index contributed by atoms with van der Waals surface area (Å²) in [6, 6.07) is 4.39. The quantitative estimate of drug-likeness (QED) is 0.586. The topological polar surface area (TPSA) is 102 Å². The Morgan fingerprint density at radius 3 is 2.73 bits per heavy atom. The predicted octanol–water partition coefficient (Wildman–Crippen LogP) is 0.934. The third kappa shape index (κ3) is 2.03. The molecule has 0 bridgehead atoms. The highest BCUT2D eigenvalue weighted by Gasteiger charge is 2.15. The van der Waals surface area contributed by atoms with Crippen molar-refractivity contribution in [2.45, 2.75) is 6.54 Å². The van der Waals surface area contributed by atoms with Crippen LogP contribution >= 0.6 is 0 Å². The third-order valence-corrected chi connectivity index (χ3v) is 1.93. The zero-order valence-corrected chi connectivity index (χ0v) is 8.06. The number of hydrogen-bond donors (Lipinski definition) is 1. The summed E-state index contributed by atoms with van der Waals surface area (Å²) in [5.41, 5.74) is 5.90. The highest BCUT2D eigenvalue weighted by Crippen LogP contribution is 2.27. The van der Waals surface area contributed by atoms with Gasteiger partial charge in [0.05, 0.1) is 23.7 Å². The van der Waals surface area contributed by atoms with Crippen LogP contribution in [0.3, 0.4) is 0 Å². The van der Waals surface area contributed by atoms with Crippen molar-refractivity contribution in [3.63, 3.8) is 0 Å². The van der Waals surface area contributed by atoms with E-state index < -0.39 is 4.92 Å². The Kier molecular flexibility index (Phi) is 3.21. The number of nitrogens with two attached hydrogens (primary N) is 1. The lowest BCUT2D eigenvalue weighted by molar-refractivity contribution is -0.385. The fourth-order valence-electron chi connectivity index (χ4n) is 1.21. The minimum Gasteiger partial charge on any atom is -0.495 e. The average molecular weight is 207 g/mol. The van der Waals surface area contributed by atoms with Crippen LogP contribution in [0.1, 0.15) is 11.1 Å². The van der Waals surface area contributed by atoms with Crippen molar-refractivity contribution in [1.29, 1.82) is 5.26 Å². The molecule has 0 unspecified atom stereocenters. The number of benzene rings is 1. The maximum Gasteiger partial charge on any atom is 0.273 e. The molecule has 0 aliphatic carbocycles. The number of methoxy groups -OCH3 is 1. The summed E-state index contributed by atoms with van der Waals surface area (Å²) in [5.74, 6) is 0.173. The Morgan fingerprint density at radius 2 is 2.33 bits per heavy atom. The van der Waals surface area contributed by atoms with Crippen LogP contribution in [0.25, 0.3) is 0 Å². The Labute approximate surface area is 86.0 Å². The molecule has 0 spiro atoms. The molecule has 0 heterocycles. The van der Waals surface area contributed by atoms with Crippen LogP contribution in [-0.4, -0.2) is 12.0 Å². The van der Waals surface area contributed by atoms with Crippen LogP contribution in [-0.2, 0) is 6.54 Å². The summed E-state index contributed by atoms with van der Waals surface area (Å²) >= 11 is 0. The molecule has 0 aliphatic rings. The van der Waals surface area contributed by atoms with Crippen LogP contribution in [0.15, 0.2) is 12.1 Å². The van der Waals surface area contributed by atoms with E-state index in [-0.39, 0.29) is 23.5 Å². The van der Waals surface area contributed by atoms with Crippen LogP contribution in [0.4, 0.5) is 5.69 Å². The summed E-state index contributed by atoms with van der Waals surface area (Å²) in [6.45, 7) is 0.0565.